The molecule has 0 bridgehead atoms. The number of rotatable bonds is 1. The molecule has 0 aliphatic carbocycles. The van der Waals surface area contributed by atoms with Gasteiger partial charge in [-0.3, -0.25) is 12.7 Å². The van der Waals surface area contributed by atoms with Crippen molar-refractivity contribution >= 4 is 6.08 Å². The maximum Gasteiger partial charge on any atom is 2.00 e. The maximum absolute atomic E-state index is 5.11. The van der Waals surface area contributed by atoms with Gasteiger partial charge in [-0.15, -0.1) is 6.07 Å². The van der Waals surface area contributed by atoms with Crippen LogP contribution in [0, 0.1) is 6.58 Å². The van der Waals surface area contributed by atoms with Gasteiger partial charge in [-0.05, 0) is 0 Å². The Morgan fingerprint density at radius 2 is 2.38 bits per heavy atom. The van der Waals surface area contributed by atoms with E-state index in [2.05, 4.69) is 4.98 Å². The third-order valence-electron chi connectivity index (χ3n) is 0.747. The van der Waals surface area contributed by atoms with Gasteiger partial charge in [0.25, 0.3) is 0 Å². The SMILES string of the molecule is [CH-]=Cc1ccc[n-]1.[W+2]. The van der Waals surface area contributed by atoms with Gasteiger partial charge in [0.1, 0.15) is 0 Å². The van der Waals surface area contributed by atoms with Crippen LogP contribution in [0.4, 0.5) is 0 Å². The van der Waals surface area contributed by atoms with Gasteiger partial charge in [0, 0.05) is 0 Å². The summed E-state index contributed by atoms with van der Waals surface area (Å²) in [6, 6.07) is 3.69. The molecule has 1 nitrogen and oxygen atoms in total. The first-order valence-electron chi connectivity index (χ1n) is 2.06. The number of aromatic nitrogens is 1. The monoisotopic (exact) mass is 275 g/mol. The molecule has 0 aliphatic rings. The Hall–Kier alpha value is -0.292. The topological polar surface area (TPSA) is 14.1 Å². The number of nitrogens with zero attached hydrogens (tertiary/aromatic N) is 1. The number of hydrogen-bond acceptors (Lipinski definition) is 0. The van der Waals surface area contributed by atoms with E-state index < -0.39 is 0 Å². The first kappa shape index (κ1) is 7.71. The molecule has 1 aromatic rings. The van der Waals surface area contributed by atoms with E-state index in [1.54, 1.807) is 6.20 Å². The molecule has 1 aromatic heterocycles. The van der Waals surface area contributed by atoms with Crippen LogP contribution < -0.4 is 4.98 Å². The summed E-state index contributed by atoms with van der Waals surface area (Å²) in [6.45, 7) is 5.11. The van der Waals surface area contributed by atoms with Gasteiger partial charge >= 0.3 is 21.1 Å². The van der Waals surface area contributed by atoms with E-state index in [0.29, 0.717) is 0 Å². The summed E-state index contributed by atoms with van der Waals surface area (Å²) < 4.78 is 0. The summed E-state index contributed by atoms with van der Waals surface area (Å²) in [5.74, 6) is 0. The molecule has 0 unspecified atom stereocenters. The van der Waals surface area contributed by atoms with Crippen molar-refractivity contribution in [3.63, 3.8) is 0 Å². The van der Waals surface area contributed by atoms with Crippen LogP contribution in [0.1, 0.15) is 5.69 Å². The van der Waals surface area contributed by atoms with E-state index in [-0.39, 0.29) is 21.1 Å². The Morgan fingerprint density at radius 1 is 1.62 bits per heavy atom. The van der Waals surface area contributed by atoms with Crippen LogP contribution in [0.15, 0.2) is 18.3 Å². The van der Waals surface area contributed by atoms with Crippen molar-refractivity contribution in [3.05, 3.63) is 30.6 Å². The smallest absolute Gasteiger partial charge is 0.749 e. The van der Waals surface area contributed by atoms with Gasteiger partial charge in [-0.1, -0.05) is 0 Å². The van der Waals surface area contributed by atoms with Crippen LogP contribution in [0.5, 0.6) is 0 Å². The van der Waals surface area contributed by atoms with Crippen molar-refractivity contribution in [3.8, 4) is 0 Å². The molecule has 0 amide bonds. The molecule has 0 N–H and O–H groups in total. The molecule has 0 aromatic carbocycles. The molecule has 1 rings (SSSR count). The zero-order valence-electron chi connectivity index (χ0n) is 4.24. The van der Waals surface area contributed by atoms with Crippen LogP contribution in [0.2, 0.25) is 0 Å². The van der Waals surface area contributed by atoms with E-state index in [1.165, 1.54) is 6.08 Å². The Kier molecular flexibility index (Phi) is 3.54. The Labute approximate surface area is 63.1 Å². The normalized spacial score (nSPS) is 7.50. The largest absolute Gasteiger partial charge is 2.00 e. The van der Waals surface area contributed by atoms with Crippen LogP contribution in [-0.2, 0) is 21.1 Å². The van der Waals surface area contributed by atoms with Crippen molar-refractivity contribution in [2.24, 2.45) is 0 Å². The molecule has 0 radical (unpaired) electrons. The van der Waals surface area contributed by atoms with Crippen LogP contribution >= 0.6 is 0 Å². The van der Waals surface area contributed by atoms with E-state index >= 15 is 0 Å². The molecule has 0 atom stereocenters. The predicted octanol–water partition coefficient (Wildman–Crippen LogP) is 1.09. The quantitative estimate of drug-likeness (QED) is 0.700. The molecular weight excluding hydrogens is 270 g/mol. The minimum atomic E-state index is 0. The zero-order valence-corrected chi connectivity index (χ0v) is 7.18. The molecule has 0 fully saturated rings. The second kappa shape index (κ2) is 3.68. The number of hydrogen-bond donors (Lipinski definition) is 0. The fraction of sp³-hybridized carbons (Fsp3) is 0. The minimum Gasteiger partial charge on any atom is -0.749 e. The molecule has 0 aliphatic heterocycles. The molecule has 1 heterocycles. The Balaban J connectivity index is 0.000000490. The summed E-state index contributed by atoms with van der Waals surface area (Å²) in [5.41, 5.74) is 0.833. The van der Waals surface area contributed by atoms with Crippen LogP contribution in [0.3, 0.4) is 0 Å². The second-order valence-corrected chi connectivity index (χ2v) is 1.23. The standard InChI is InChI=1S/C6H5N.W/c1-2-6-4-3-5-7-6;/h1-5H;/q-2;+2. The Morgan fingerprint density at radius 3 is 2.62 bits per heavy atom. The average Bonchev–Trinajstić information content (AvgIpc) is 2.14. The molecular formula is C6H5NW. The minimum absolute atomic E-state index is 0. The summed E-state index contributed by atoms with van der Waals surface area (Å²) in [5, 5.41) is 0. The molecule has 2 heteroatoms. The first-order valence-corrected chi connectivity index (χ1v) is 2.06. The fourth-order valence-corrected chi connectivity index (χ4v) is 0.412. The molecule has 0 saturated carbocycles. The van der Waals surface area contributed by atoms with Crippen LogP contribution in [-0.4, -0.2) is 0 Å². The van der Waals surface area contributed by atoms with Crippen LogP contribution in [0.25, 0.3) is 6.08 Å². The molecule has 40 valence electrons. The zero-order chi connectivity index (χ0) is 5.11. The van der Waals surface area contributed by atoms with Crippen molar-refractivity contribution in [1.29, 1.82) is 0 Å². The van der Waals surface area contributed by atoms with E-state index in [4.69, 9.17) is 6.58 Å². The van der Waals surface area contributed by atoms with E-state index in [9.17, 15) is 0 Å². The van der Waals surface area contributed by atoms with Gasteiger partial charge in [-0.2, -0.15) is 12.3 Å². The Bertz CT molecular complexity index is 144. The summed E-state index contributed by atoms with van der Waals surface area (Å²) in [4.78, 5) is 3.85. The van der Waals surface area contributed by atoms with Gasteiger partial charge < -0.3 is 10.7 Å². The van der Waals surface area contributed by atoms with Gasteiger partial charge in [0.05, 0.1) is 0 Å². The van der Waals surface area contributed by atoms with Crippen molar-refractivity contribution in [1.82, 2.24) is 4.98 Å². The van der Waals surface area contributed by atoms with Crippen molar-refractivity contribution in [2.75, 3.05) is 0 Å². The molecule has 8 heavy (non-hydrogen) atoms. The summed E-state index contributed by atoms with van der Waals surface area (Å²) in [6.07, 6.45) is 3.18. The van der Waals surface area contributed by atoms with Gasteiger partial charge in [-0.25, -0.2) is 0 Å². The maximum atomic E-state index is 5.11. The average molecular weight is 275 g/mol. The third kappa shape index (κ3) is 1.67. The fourth-order valence-electron chi connectivity index (χ4n) is 0.412. The van der Waals surface area contributed by atoms with Gasteiger partial charge in [0.2, 0.25) is 0 Å². The van der Waals surface area contributed by atoms with Crippen molar-refractivity contribution in [2.45, 2.75) is 0 Å². The molecule has 0 spiro atoms. The van der Waals surface area contributed by atoms with E-state index in [0.717, 1.165) is 5.69 Å². The van der Waals surface area contributed by atoms with E-state index in [1.807, 2.05) is 12.1 Å². The summed E-state index contributed by atoms with van der Waals surface area (Å²) >= 11 is 0. The second-order valence-electron chi connectivity index (χ2n) is 1.23. The molecule has 0 saturated heterocycles. The summed E-state index contributed by atoms with van der Waals surface area (Å²) in [7, 11) is 0. The van der Waals surface area contributed by atoms with Crippen molar-refractivity contribution < 1.29 is 21.1 Å². The van der Waals surface area contributed by atoms with Gasteiger partial charge in [0.15, 0.2) is 0 Å². The predicted molar refractivity (Wildman–Crippen MR) is 28.5 cm³/mol. The first-order chi connectivity index (χ1) is 3.43. The third-order valence-corrected chi connectivity index (χ3v) is 0.747.